The summed E-state index contributed by atoms with van der Waals surface area (Å²) in [7, 11) is 2.23. The van der Waals surface area contributed by atoms with Gasteiger partial charge in [0, 0.05) is 21.8 Å². The van der Waals surface area contributed by atoms with Crippen molar-refractivity contribution in [1.82, 2.24) is 10.2 Å². The van der Waals surface area contributed by atoms with Gasteiger partial charge in [-0.25, -0.2) is 0 Å². The van der Waals surface area contributed by atoms with E-state index in [2.05, 4.69) is 59.2 Å². The van der Waals surface area contributed by atoms with Gasteiger partial charge in [-0.1, -0.05) is 12.1 Å². The predicted molar refractivity (Wildman–Crippen MR) is 88.7 cm³/mol. The van der Waals surface area contributed by atoms with Crippen LogP contribution in [0.15, 0.2) is 35.0 Å². The zero-order valence-corrected chi connectivity index (χ0v) is 13.7. The Kier molecular flexibility index (Phi) is 4.56. The monoisotopic (exact) mass is 306 g/mol. The average molecular weight is 307 g/mol. The minimum atomic E-state index is 0.371. The van der Waals surface area contributed by atoms with Crippen molar-refractivity contribution < 1.29 is 0 Å². The third kappa shape index (κ3) is 3.14. The number of rotatable bonds is 4. The molecule has 1 aliphatic heterocycles. The molecule has 0 aromatic carbocycles. The molecule has 20 heavy (non-hydrogen) atoms. The minimum absolute atomic E-state index is 0.371. The Morgan fingerprint density at radius 3 is 2.35 bits per heavy atom. The molecule has 3 rings (SSSR count). The van der Waals surface area contributed by atoms with Crippen molar-refractivity contribution in [2.24, 2.45) is 0 Å². The van der Waals surface area contributed by atoms with Gasteiger partial charge in [0.1, 0.15) is 0 Å². The Morgan fingerprint density at radius 1 is 1.20 bits per heavy atom. The third-order valence-electron chi connectivity index (χ3n) is 4.27. The summed E-state index contributed by atoms with van der Waals surface area (Å²) in [4.78, 5) is 5.32. The quantitative estimate of drug-likeness (QED) is 0.919. The number of nitrogens with zero attached hydrogens (tertiary/aromatic N) is 1. The van der Waals surface area contributed by atoms with Crippen LogP contribution in [0.4, 0.5) is 0 Å². The Morgan fingerprint density at radius 2 is 1.85 bits per heavy atom. The normalized spacial score (nSPS) is 24.4. The molecule has 3 heterocycles. The second kappa shape index (κ2) is 6.39. The van der Waals surface area contributed by atoms with Gasteiger partial charge >= 0.3 is 0 Å². The molecule has 0 saturated carbocycles. The Hall–Kier alpha value is -0.680. The van der Waals surface area contributed by atoms with Crippen LogP contribution in [0.25, 0.3) is 0 Å². The van der Waals surface area contributed by atoms with Gasteiger partial charge < -0.3 is 10.2 Å². The maximum Gasteiger partial charge on any atom is 0.0767 e. The van der Waals surface area contributed by atoms with Crippen molar-refractivity contribution in [3.63, 3.8) is 0 Å². The molecule has 2 atom stereocenters. The van der Waals surface area contributed by atoms with E-state index in [-0.39, 0.29) is 0 Å². The van der Waals surface area contributed by atoms with Gasteiger partial charge in [-0.05, 0) is 56.3 Å². The van der Waals surface area contributed by atoms with E-state index in [0.29, 0.717) is 18.1 Å². The van der Waals surface area contributed by atoms with Gasteiger partial charge in [-0.2, -0.15) is 0 Å². The third-order valence-corrected chi connectivity index (χ3v) is 6.14. The summed E-state index contributed by atoms with van der Waals surface area (Å²) in [6, 6.07) is 10.5. The zero-order valence-electron chi connectivity index (χ0n) is 12.1. The van der Waals surface area contributed by atoms with E-state index in [1.807, 2.05) is 22.7 Å². The molecular weight excluding hydrogens is 284 g/mol. The predicted octanol–water partition coefficient (Wildman–Crippen LogP) is 3.97. The van der Waals surface area contributed by atoms with Crippen molar-refractivity contribution >= 4 is 22.7 Å². The van der Waals surface area contributed by atoms with Crippen LogP contribution in [0.5, 0.6) is 0 Å². The fourth-order valence-electron chi connectivity index (χ4n) is 2.89. The lowest BCUT2D eigenvalue weighted by Crippen LogP contribution is -2.46. The lowest BCUT2D eigenvalue weighted by Gasteiger charge is -2.37. The van der Waals surface area contributed by atoms with Crippen LogP contribution < -0.4 is 5.32 Å². The van der Waals surface area contributed by atoms with Crippen LogP contribution in [-0.4, -0.2) is 30.6 Å². The molecule has 1 fully saturated rings. The van der Waals surface area contributed by atoms with Crippen LogP contribution in [0.1, 0.15) is 35.6 Å². The molecule has 0 bridgehead atoms. The van der Waals surface area contributed by atoms with Crippen molar-refractivity contribution in [3.8, 4) is 0 Å². The highest BCUT2D eigenvalue weighted by Gasteiger charge is 2.26. The number of hydrogen-bond acceptors (Lipinski definition) is 4. The Bertz CT molecular complexity index is 472. The summed E-state index contributed by atoms with van der Waals surface area (Å²) in [5.41, 5.74) is 0. The second-order valence-electron chi connectivity index (χ2n) is 5.68. The first-order chi connectivity index (χ1) is 9.74. The van der Waals surface area contributed by atoms with Gasteiger partial charge in [0.15, 0.2) is 0 Å². The summed E-state index contributed by atoms with van der Waals surface area (Å²) in [6.45, 7) is 3.53. The topological polar surface area (TPSA) is 15.3 Å². The molecule has 2 nitrogen and oxygen atoms in total. The van der Waals surface area contributed by atoms with E-state index < -0.39 is 0 Å². The molecule has 2 aromatic rings. The van der Waals surface area contributed by atoms with Gasteiger partial charge in [-0.3, -0.25) is 0 Å². The van der Waals surface area contributed by atoms with E-state index in [1.165, 1.54) is 29.1 Å². The minimum Gasteiger partial charge on any atom is -0.304 e. The van der Waals surface area contributed by atoms with Crippen LogP contribution in [0.2, 0.25) is 0 Å². The molecule has 0 aliphatic carbocycles. The Labute approximate surface area is 129 Å². The molecule has 108 valence electrons. The standard InChI is InChI=1S/C16H22N2S2/c1-12-11-13(7-8-18(12)2)17-16(14-5-3-9-19-14)15-6-4-10-20-15/h3-6,9-10,12-13,16-17H,7-8,11H2,1-2H3. The molecule has 1 saturated heterocycles. The lowest BCUT2D eigenvalue weighted by molar-refractivity contribution is 0.165. The summed E-state index contributed by atoms with van der Waals surface area (Å²) in [5.74, 6) is 0. The SMILES string of the molecule is CC1CC(NC(c2cccs2)c2cccs2)CCN1C. The maximum atomic E-state index is 3.91. The number of likely N-dealkylation sites (tertiary alicyclic amines) is 1. The van der Waals surface area contributed by atoms with Gasteiger partial charge in [0.25, 0.3) is 0 Å². The van der Waals surface area contributed by atoms with E-state index in [0.717, 1.165) is 0 Å². The van der Waals surface area contributed by atoms with Crippen LogP contribution in [0.3, 0.4) is 0 Å². The van der Waals surface area contributed by atoms with Gasteiger partial charge in [0.2, 0.25) is 0 Å². The summed E-state index contributed by atoms with van der Waals surface area (Å²) in [6.07, 6.45) is 2.48. The zero-order chi connectivity index (χ0) is 13.9. The molecule has 2 aromatic heterocycles. The molecular formula is C16H22N2S2. The molecule has 1 aliphatic rings. The fraction of sp³-hybridized carbons (Fsp3) is 0.500. The first kappa shape index (κ1) is 14.3. The first-order valence-corrected chi connectivity index (χ1v) is 9.03. The van der Waals surface area contributed by atoms with E-state index in [1.54, 1.807) is 0 Å². The molecule has 1 N–H and O–H groups in total. The largest absolute Gasteiger partial charge is 0.304 e. The summed E-state index contributed by atoms with van der Waals surface area (Å²) in [5, 5.41) is 8.26. The number of thiophene rings is 2. The lowest BCUT2D eigenvalue weighted by atomic mass is 9.97. The average Bonchev–Trinajstić information content (AvgIpc) is 3.12. The van der Waals surface area contributed by atoms with Crippen molar-refractivity contribution in [2.75, 3.05) is 13.6 Å². The van der Waals surface area contributed by atoms with Gasteiger partial charge in [-0.15, -0.1) is 22.7 Å². The van der Waals surface area contributed by atoms with E-state index >= 15 is 0 Å². The molecule has 2 unspecified atom stereocenters. The first-order valence-electron chi connectivity index (χ1n) is 7.27. The molecule has 0 radical (unpaired) electrons. The van der Waals surface area contributed by atoms with Crippen LogP contribution in [0, 0.1) is 0 Å². The number of nitrogens with one attached hydrogen (secondary N) is 1. The Balaban J connectivity index is 1.74. The van der Waals surface area contributed by atoms with Crippen LogP contribution in [-0.2, 0) is 0 Å². The fourth-order valence-corrected chi connectivity index (χ4v) is 4.57. The highest BCUT2D eigenvalue weighted by Crippen LogP contribution is 2.31. The summed E-state index contributed by atoms with van der Waals surface area (Å²) < 4.78 is 0. The van der Waals surface area contributed by atoms with Crippen LogP contribution >= 0.6 is 22.7 Å². The van der Waals surface area contributed by atoms with E-state index in [9.17, 15) is 0 Å². The second-order valence-corrected chi connectivity index (χ2v) is 7.64. The molecule has 4 heteroatoms. The van der Waals surface area contributed by atoms with Crippen molar-refractivity contribution in [3.05, 3.63) is 44.8 Å². The smallest absolute Gasteiger partial charge is 0.0767 e. The number of piperidine rings is 1. The maximum absolute atomic E-state index is 3.91. The molecule has 0 amide bonds. The highest BCUT2D eigenvalue weighted by molar-refractivity contribution is 7.11. The molecule has 0 spiro atoms. The van der Waals surface area contributed by atoms with Crippen molar-refractivity contribution in [1.29, 1.82) is 0 Å². The highest BCUT2D eigenvalue weighted by atomic mass is 32.1. The van der Waals surface area contributed by atoms with E-state index in [4.69, 9.17) is 0 Å². The number of hydrogen-bond donors (Lipinski definition) is 1. The van der Waals surface area contributed by atoms with Gasteiger partial charge in [0.05, 0.1) is 6.04 Å². The van der Waals surface area contributed by atoms with Crippen molar-refractivity contribution in [2.45, 2.75) is 37.9 Å². The summed E-state index contributed by atoms with van der Waals surface area (Å²) >= 11 is 3.71.